The molecule has 2 aromatic carbocycles. The maximum atomic E-state index is 12.5. The van der Waals surface area contributed by atoms with Crippen molar-refractivity contribution in [2.45, 2.75) is 4.90 Å². The van der Waals surface area contributed by atoms with E-state index in [0.29, 0.717) is 22.3 Å². The molecule has 7 nitrogen and oxygen atoms in total. The molecule has 0 unspecified atom stereocenters. The van der Waals surface area contributed by atoms with Crippen LogP contribution in [0, 0.1) is 10.1 Å². The van der Waals surface area contributed by atoms with Gasteiger partial charge < -0.3 is 10.1 Å². The first-order chi connectivity index (χ1) is 13.5. The minimum atomic E-state index is -0.587. The molecule has 9 heteroatoms. The van der Waals surface area contributed by atoms with Crippen molar-refractivity contribution in [2.24, 2.45) is 0 Å². The number of amides is 1. The summed E-state index contributed by atoms with van der Waals surface area (Å²) in [6.07, 6.45) is 3.24. The number of thioether (sulfide) groups is 1. The van der Waals surface area contributed by atoms with Gasteiger partial charge >= 0.3 is 0 Å². The number of nitrogens with one attached hydrogen (secondary N) is 1. The molecule has 0 radical (unpaired) electrons. The van der Waals surface area contributed by atoms with Crippen LogP contribution in [0.25, 0.3) is 0 Å². The lowest BCUT2D eigenvalue weighted by atomic mass is 10.1. The fourth-order valence-electron chi connectivity index (χ4n) is 2.32. The van der Waals surface area contributed by atoms with Gasteiger partial charge in [-0.2, -0.15) is 0 Å². The van der Waals surface area contributed by atoms with E-state index in [1.165, 1.54) is 30.1 Å². The van der Waals surface area contributed by atoms with Crippen LogP contribution < -0.4 is 10.1 Å². The molecule has 0 aliphatic rings. The Morgan fingerprint density at radius 3 is 2.54 bits per heavy atom. The number of carbonyl (C=O) groups excluding carboxylic acids is 1. The molecule has 142 valence electrons. The predicted octanol–water partition coefficient (Wildman–Crippen LogP) is 5.41. The van der Waals surface area contributed by atoms with E-state index in [-0.39, 0.29) is 11.3 Å². The number of hydrogen-bond acceptors (Lipinski definition) is 6. The van der Waals surface area contributed by atoms with Crippen molar-refractivity contribution in [2.75, 3.05) is 11.6 Å². The number of hydrogen-bond donors (Lipinski definition) is 1. The molecular formula is C19H14ClN3O4S. The molecule has 1 aromatic heterocycles. The van der Waals surface area contributed by atoms with Crippen molar-refractivity contribution in [1.29, 1.82) is 0 Å². The van der Waals surface area contributed by atoms with E-state index in [1.807, 2.05) is 6.26 Å². The first-order valence-corrected chi connectivity index (χ1v) is 9.60. The standard InChI is InChI=1S/C19H14ClN3O4S/c1-28-15-7-8-17(23(25)26)16(10-15)19(24)22-13-4-9-18(21-11-13)27-14-5-2-12(20)3-6-14/h2-11H,1H3,(H,22,24). The van der Waals surface area contributed by atoms with Crippen molar-refractivity contribution in [3.8, 4) is 11.6 Å². The summed E-state index contributed by atoms with van der Waals surface area (Å²) in [5.74, 6) is 0.310. The third kappa shape index (κ3) is 4.79. The SMILES string of the molecule is CSc1ccc([N+](=O)[O-])c(C(=O)Nc2ccc(Oc3ccc(Cl)cc3)nc2)c1. The number of nitro groups is 1. The summed E-state index contributed by atoms with van der Waals surface area (Å²) in [6, 6.07) is 14.4. The molecular weight excluding hydrogens is 402 g/mol. The van der Waals surface area contributed by atoms with Crippen LogP contribution in [0.5, 0.6) is 11.6 Å². The second kappa shape index (κ2) is 8.73. The Bertz CT molecular complexity index is 1010. The molecule has 1 amide bonds. The number of rotatable bonds is 6. The Hall–Kier alpha value is -3.10. The molecule has 3 rings (SSSR count). The van der Waals surface area contributed by atoms with Crippen LogP contribution >= 0.6 is 23.4 Å². The third-order valence-electron chi connectivity index (χ3n) is 3.68. The normalized spacial score (nSPS) is 10.4. The van der Waals surface area contributed by atoms with Gasteiger partial charge in [-0.25, -0.2) is 4.98 Å². The van der Waals surface area contributed by atoms with E-state index in [9.17, 15) is 14.9 Å². The number of nitro benzene ring substituents is 1. The van der Waals surface area contributed by atoms with Crippen LogP contribution in [-0.4, -0.2) is 22.1 Å². The lowest BCUT2D eigenvalue weighted by Gasteiger charge is -2.08. The Balaban J connectivity index is 1.74. The molecule has 0 saturated carbocycles. The summed E-state index contributed by atoms with van der Waals surface area (Å²) >= 11 is 7.22. The number of carbonyl (C=O) groups is 1. The van der Waals surface area contributed by atoms with Gasteiger partial charge in [0.1, 0.15) is 11.3 Å². The van der Waals surface area contributed by atoms with Crippen molar-refractivity contribution >= 4 is 40.6 Å². The first kappa shape index (κ1) is 19.7. The average Bonchev–Trinajstić information content (AvgIpc) is 2.70. The number of benzene rings is 2. The van der Waals surface area contributed by atoms with E-state index >= 15 is 0 Å². The highest BCUT2D eigenvalue weighted by molar-refractivity contribution is 7.98. The lowest BCUT2D eigenvalue weighted by molar-refractivity contribution is -0.385. The van der Waals surface area contributed by atoms with Gasteiger partial charge in [0.2, 0.25) is 5.88 Å². The smallest absolute Gasteiger partial charge is 0.282 e. The van der Waals surface area contributed by atoms with Crippen LogP contribution in [0.1, 0.15) is 10.4 Å². The van der Waals surface area contributed by atoms with Crippen molar-refractivity contribution < 1.29 is 14.5 Å². The monoisotopic (exact) mass is 415 g/mol. The first-order valence-electron chi connectivity index (χ1n) is 7.99. The number of pyridine rings is 1. The number of nitrogens with zero attached hydrogens (tertiary/aromatic N) is 2. The second-order valence-corrected chi connectivity index (χ2v) is 6.85. The number of halogens is 1. The Morgan fingerprint density at radius 2 is 1.93 bits per heavy atom. The van der Waals surface area contributed by atoms with Gasteiger partial charge in [0.15, 0.2) is 0 Å². The highest BCUT2D eigenvalue weighted by Crippen LogP contribution is 2.26. The zero-order valence-electron chi connectivity index (χ0n) is 14.6. The molecule has 0 spiro atoms. The van der Waals surface area contributed by atoms with E-state index in [4.69, 9.17) is 16.3 Å². The fraction of sp³-hybridized carbons (Fsp3) is 0.0526. The second-order valence-electron chi connectivity index (χ2n) is 5.54. The van der Waals surface area contributed by atoms with Crippen LogP contribution in [0.2, 0.25) is 5.02 Å². The van der Waals surface area contributed by atoms with E-state index < -0.39 is 10.8 Å². The number of anilines is 1. The van der Waals surface area contributed by atoms with Crippen LogP contribution in [-0.2, 0) is 0 Å². The summed E-state index contributed by atoms with van der Waals surface area (Å²) in [5, 5.41) is 14.4. The van der Waals surface area contributed by atoms with Crippen LogP contribution in [0.3, 0.4) is 0 Å². The summed E-state index contributed by atoms with van der Waals surface area (Å²) in [7, 11) is 0. The highest BCUT2D eigenvalue weighted by Gasteiger charge is 2.21. The molecule has 1 heterocycles. The van der Waals surface area contributed by atoms with E-state index in [0.717, 1.165) is 4.90 Å². The maximum absolute atomic E-state index is 12.5. The summed E-state index contributed by atoms with van der Waals surface area (Å²) in [5.41, 5.74) is 0.113. The minimum absolute atomic E-state index is 0.0154. The van der Waals surface area contributed by atoms with E-state index in [1.54, 1.807) is 42.5 Å². The van der Waals surface area contributed by atoms with Gasteiger partial charge in [-0.1, -0.05) is 11.6 Å². The van der Waals surface area contributed by atoms with Gasteiger partial charge in [0.25, 0.3) is 11.6 Å². The number of aromatic nitrogens is 1. The molecule has 0 fully saturated rings. The summed E-state index contributed by atoms with van der Waals surface area (Å²) in [4.78, 5) is 28.0. The molecule has 0 aliphatic heterocycles. The average molecular weight is 416 g/mol. The lowest BCUT2D eigenvalue weighted by Crippen LogP contribution is -2.14. The van der Waals surface area contributed by atoms with Gasteiger partial charge in [-0.05, 0) is 48.7 Å². The van der Waals surface area contributed by atoms with Crippen LogP contribution in [0.4, 0.5) is 11.4 Å². The molecule has 3 aromatic rings. The maximum Gasteiger partial charge on any atom is 0.282 e. The Morgan fingerprint density at radius 1 is 1.18 bits per heavy atom. The summed E-state index contributed by atoms with van der Waals surface area (Å²) < 4.78 is 5.58. The highest BCUT2D eigenvalue weighted by atomic mass is 35.5. The van der Waals surface area contributed by atoms with Gasteiger partial charge in [-0.15, -0.1) is 11.8 Å². The van der Waals surface area contributed by atoms with Gasteiger partial charge in [0.05, 0.1) is 16.8 Å². The van der Waals surface area contributed by atoms with Crippen LogP contribution in [0.15, 0.2) is 65.7 Å². The topological polar surface area (TPSA) is 94.4 Å². The van der Waals surface area contributed by atoms with Crippen molar-refractivity contribution in [3.63, 3.8) is 0 Å². The molecule has 0 saturated heterocycles. The van der Waals surface area contributed by atoms with Crippen molar-refractivity contribution in [3.05, 3.63) is 81.5 Å². The van der Waals surface area contributed by atoms with Gasteiger partial charge in [-0.3, -0.25) is 14.9 Å². The summed E-state index contributed by atoms with van der Waals surface area (Å²) in [6.45, 7) is 0. The quantitative estimate of drug-likeness (QED) is 0.328. The van der Waals surface area contributed by atoms with Crippen molar-refractivity contribution in [1.82, 2.24) is 4.98 Å². The largest absolute Gasteiger partial charge is 0.439 e. The molecule has 0 bridgehead atoms. The zero-order chi connectivity index (χ0) is 20.1. The Kier molecular flexibility index (Phi) is 6.13. The zero-order valence-corrected chi connectivity index (χ0v) is 16.2. The third-order valence-corrected chi connectivity index (χ3v) is 4.65. The number of ether oxygens (including phenoxy) is 1. The molecule has 0 atom stereocenters. The molecule has 0 aliphatic carbocycles. The minimum Gasteiger partial charge on any atom is -0.439 e. The van der Waals surface area contributed by atoms with Gasteiger partial charge in [0, 0.05) is 22.1 Å². The predicted molar refractivity (Wildman–Crippen MR) is 109 cm³/mol. The van der Waals surface area contributed by atoms with E-state index in [2.05, 4.69) is 10.3 Å². The fourth-order valence-corrected chi connectivity index (χ4v) is 2.89. The Labute approximate surface area is 169 Å². The molecule has 1 N–H and O–H groups in total. The molecule has 28 heavy (non-hydrogen) atoms.